The van der Waals surface area contributed by atoms with E-state index < -0.39 is 0 Å². The van der Waals surface area contributed by atoms with E-state index in [0.29, 0.717) is 23.0 Å². The number of hydrogen-bond acceptors (Lipinski definition) is 4. The van der Waals surface area contributed by atoms with Gasteiger partial charge in [0.15, 0.2) is 0 Å². The highest BCUT2D eigenvalue weighted by Crippen LogP contribution is 2.43. The van der Waals surface area contributed by atoms with Crippen molar-refractivity contribution < 1.29 is 4.79 Å². The summed E-state index contributed by atoms with van der Waals surface area (Å²) >= 11 is 7.80. The molecule has 2 aromatic rings. The van der Waals surface area contributed by atoms with Crippen molar-refractivity contribution in [2.45, 2.75) is 38.3 Å². The Morgan fingerprint density at radius 2 is 2.26 bits per heavy atom. The Balaban J connectivity index is 1.72. The number of carbonyl (C=O) groups is 1. The van der Waals surface area contributed by atoms with E-state index in [1.807, 2.05) is 11.0 Å². The van der Waals surface area contributed by atoms with Gasteiger partial charge in [0.25, 0.3) is 5.91 Å². The average molecular weight is 348 g/mol. The van der Waals surface area contributed by atoms with Gasteiger partial charge in [-0.25, -0.2) is 4.98 Å². The molecule has 1 fully saturated rings. The molecule has 1 aromatic heterocycles. The van der Waals surface area contributed by atoms with Crippen LogP contribution in [-0.2, 0) is 0 Å². The summed E-state index contributed by atoms with van der Waals surface area (Å²) < 4.78 is 0. The van der Waals surface area contributed by atoms with Gasteiger partial charge in [0, 0.05) is 22.9 Å². The van der Waals surface area contributed by atoms with Crippen LogP contribution in [0.2, 0.25) is 5.02 Å². The smallest absolute Gasteiger partial charge is 0.257 e. The fourth-order valence-corrected chi connectivity index (χ4v) is 4.15. The zero-order valence-corrected chi connectivity index (χ0v) is 14.5. The van der Waals surface area contributed by atoms with Crippen LogP contribution in [0.1, 0.15) is 59.3 Å². The number of benzene rings is 1. The number of carbonyl (C=O) groups excluding carboxylic acids is 1. The zero-order valence-electron chi connectivity index (χ0n) is 12.9. The minimum Gasteiger partial charge on any atom is -0.359 e. The lowest BCUT2D eigenvalue weighted by molar-refractivity contribution is 0.0680. The van der Waals surface area contributed by atoms with Gasteiger partial charge in [-0.15, -0.1) is 11.3 Å². The molecule has 120 valence electrons. The molecule has 0 radical (unpaired) electrons. The number of anilines is 1. The SMILES string of the molecule is CCCN1C(=O)c2ccc(Cl)cc2N[C@@H]1c1csc(C2CC2)n1. The molecule has 1 amide bonds. The molecular formula is C17H18ClN3OS. The van der Waals surface area contributed by atoms with E-state index in [-0.39, 0.29) is 12.1 Å². The van der Waals surface area contributed by atoms with Crippen LogP contribution in [0.25, 0.3) is 0 Å². The molecule has 0 saturated heterocycles. The van der Waals surface area contributed by atoms with Gasteiger partial charge < -0.3 is 10.2 Å². The topological polar surface area (TPSA) is 45.2 Å². The summed E-state index contributed by atoms with van der Waals surface area (Å²) in [6.45, 7) is 2.78. The summed E-state index contributed by atoms with van der Waals surface area (Å²) in [5, 5.41) is 7.36. The second kappa shape index (κ2) is 5.80. The predicted octanol–water partition coefficient (Wildman–Crippen LogP) is 4.65. The van der Waals surface area contributed by atoms with E-state index in [1.54, 1.807) is 23.5 Å². The van der Waals surface area contributed by atoms with Crippen LogP contribution < -0.4 is 5.32 Å². The van der Waals surface area contributed by atoms with Crippen molar-refractivity contribution in [1.29, 1.82) is 0 Å². The van der Waals surface area contributed by atoms with Crippen molar-refractivity contribution in [2.75, 3.05) is 11.9 Å². The van der Waals surface area contributed by atoms with Crippen molar-refractivity contribution >= 4 is 34.5 Å². The standard InChI is InChI=1S/C17H18ClN3OS/c1-2-7-21-15(14-9-23-16(20-14)10-3-4-10)19-13-8-11(18)5-6-12(13)17(21)22/h5-6,8-10,15,19H,2-4,7H2,1H3/t15-/m0/s1. The van der Waals surface area contributed by atoms with E-state index in [0.717, 1.165) is 17.8 Å². The Kier molecular flexibility index (Phi) is 3.77. The van der Waals surface area contributed by atoms with E-state index in [1.165, 1.54) is 17.8 Å². The average Bonchev–Trinajstić information content (AvgIpc) is 3.27. The number of aromatic nitrogens is 1. The minimum absolute atomic E-state index is 0.0447. The van der Waals surface area contributed by atoms with Crippen LogP contribution in [0.5, 0.6) is 0 Å². The van der Waals surface area contributed by atoms with Gasteiger partial charge in [-0.3, -0.25) is 4.79 Å². The van der Waals surface area contributed by atoms with E-state index in [2.05, 4.69) is 17.6 Å². The van der Waals surface area contributed by atoms with Crippen molar-refractivity contribution in [3.63, 3.8) is 0 Å². The molecule has 0 spiro atoms. The minimum atomic E-state index is -0.211. The number of rotatable bonds is 4. The Hall–Kier alpha value is -1.59. The zero-order chi connectivity index (χ0) is 16.0. The first-order valence-corrected chi connectivity index (χ1v) is 9.25. The molecule has 2 heterocycles. The number of halogens is 1. The van der Waals surface area contributed by atoms with E-state index in [9.17, 15) is 4.79 Å². The van der Waals surface area contributed by atoms with Gasteiger partial charge in [-0.2, -0.15) is 0 Å². The third-order valence-corrected chi connectivity index (χ3v) is 5.55. The van der Waals surface area contributed by atoms with Gasteiger partial charge in [0.2, 0.25) is 0 Å². The van der Waals surface area contributed by atoms with Crippen LogP contribution in [0, 0.1) is 0 Å². The van der Waals surface area contributed by atoms with Crippen LogP contribution in [0.15, 0.2) is 23.6 Å². The second-order valence-electron chi connectivity index (χ2n) is 6.12. The molecule has 0 bridgehead atoms. The molecule has 1 N–H and O–H groups in total. The maximum atomic E-state index is 12.9. The summed E-state index contributed by atoms with van der Waals surface area (Å²) in [5.41, 5.74) is 2.40. The monoisotopic (exact) mass is 347 g/mol. The van der Waals surface area contributed by atoms with Crippen LogP contribution in [-0.4, -0.2) is 22.3 Å². The second-order valence-corrected chi connectivity index (χ2v) is 7.45. The number of fused-ring (bicyclic) bond motifs is 1. The number of nitrogens with zero attached hydrogens (tertiary/aromatic N) is 2. The van der Waals surface area contributed by atoms with Gasteiger partial charge >= 0.3 is 0 Å². The van der Waals surface area contributed by atoms with Crippen LogP contribution >= 0.6 is 22.9 Å². The fourth-order valence-electron chi connectivity index (χ4n) is 2.97. The summed E-state index contributed by atoms with van der Waals surface area (Å²) in [4.78, 5) is 19.5. The van der Waals surface area contributed by atoms with Crippen molar-refractivity contribution in [3.05, 3.63) is 44.9 Å². The summed E-state index contributed by atoms with van der Waals surface area (Å²) in [5.74, 6) is 0.678. The number of amides is 1. The molecule has 1 atom stereocenters. The summed E-state index contributed by atoms with van der Waals surface area (Å²) in [6, 6.07) is 5.38. The Morgan fingerprint density at radius 3 is 3.00 bits per heavy atom. The Bertz CT molecular complexity index is 756. The quantitative estimate of drug-likeness (QED) is 0.875. The highest BCUT2D eigenvalue weighted by Gasteiger charge is 2.35. The first-order valence-electron chi connectivity index (χ1n) is 7.99. The highest BCUT2D eigenvalue weighted by atomic mass is 35.5. The fraction of sp³-hybridized carbons (Fsp3) is 0.412. The maximum absolute atomic E-state index is 12.9. The molecule has 1 aromatic carbocycles. The van der Waals surface area contributed by atoms with Crippen molar-refractivity contribution in [1.82, 2.24) is 9.88 Å². The first-order chi connectivity index (χ1) is 11.2. The number of thiazole rings is 1. The van der Waals surface area contributed by atoms with Gasteiger partial charge in [0.05, 0.1) is 22.0 Å². The first kappa shape index (κ1) is 15.0. The third-order valence-electron chi connectivity index (χ3n) is 4.29. The molecular weight excluding hydrogens is 330 g/mol. The lowest BCUT2D eigenvalue weighted by Gasteiger charge is -2.37. The molecule has 1 aliphatic heterocycles. The lowest BCUT2D eigenvalue weighted by atomic mass is 10.1. The predicted molar refractivity (Wildman–Crippen MR) is 93.2 cm³/mol. The van der Waals surface area contributed by atoms with Crippen molar-refractivity contribution in [2.24, 2.45) is 0 Å². The van der Waals surface area contributed by atoms with Crippen molar-refractivity contribution in [3.8, 4) is 0 Å². The molecule has 1 saturated carbocycles. The number of hydrogen-bond donors (Lipinski definition) is 1. The van der Waals surface area contributed by atoms with Gasteiger partial charge in [0.1, 0.15) is 6.17 Å². The largest absolute Gasteiger partial charge is 0.359 e. The van der Waals surface area contributed by atoms with Crippen LogP contribution in [0.3, 0.4) is 0 Å². The normalized spacial score (nSPS) is 20.3. The summed E-state index contributed by atoms with van der Waals surface area (Å²) in [7, 11) is 0. The molecule has 4 nitrogen and oxygen atoms in total. The molecule has 1 aliphatic carbocycles. The maximum Gasteiger partial charge on any atom is 0.257 e. The summed E-state index contributed by atoms with van der Waals surface area (Å²) in [6.07, 6.45) is 3.17. The molecule has 6 heteroatoms. The van der Waals surface area contributed by atoms with Crippen LogP contribution in [0.4, 0.5) is 5.69 Å². The molecule has 0 unspecified atom stereocenters. The molecule has 4 rings (SSSR count). The highest BCUT2D eigenvalue weighted by molar-refractivity contribution is 7.09. The Labute approximate surface area is 144 Å². The third kappa shape index (κ3) is 2.72. The Morgan fingerprint density at radius 1 is 1.43 bits per heavy atom. The van der Waals surface area contributed by atoms with Gasteiger partial charge in [-0.1, -0.05) is 18.5 Å². The van der Waals surface area contributed by atoms with E-state index >= 15 is 0 Å². The number of nitrogens with one attached hydrogen (secondary N) is 1. The lowest BCUT2D eigenvalue weighted by Crippen LogP contribution is -2.43. The molecule has 2 aliphatic rings. The molecule has 23 heavy (non-hydrogen) atoms. The van der Waals surface area contributed by atoms with E-state index in [4.69, 9.17) is 16.6 Å². The van der Waals surface area contributed by atoms with Gasteiger partial charge in [-0.05, 0) is 37.5 Å².